The summed E-state index contributed by atoms with van der Waals surface area (Å²) >= 11 is 0. The summed E-state index contributed by atoms with van der Waals surface area (Å²) in [4.78, 5) is 1.38. The van der Waals surface area contributed by atoms with Crippen LogP contribution in [0.5, 0.6) is 11.5 Å². The molecule has 0 spiro atoms. The summed E-state index contributed by atoms with van der Waals surface area (Å²) < 4.78 is 0. The average Bonchev–Trinajstić information content (AvgIpc) is 3.08. The quantitative estimate of drug-likeness (QED) is 0.442. The van der Waals surface area contributed by atoms with E-state index in [2.05, 4.69) is 24.0 Å². The van der Waals surface area contributed by atoms with Crippen LogP contribution in [-0.4, -0.2) is 25.2 Å². The van der Waals surface area contributed by atoms with Crippen LogP contribution in [-0.2, 0) is 6.42 Å². The summed E-state index contributed by atoms with van der Waals surface area (Å²) in [5, 5.41) is 29.8. The molecular formula is C21H27N3O2. The minimum atomic E-state index is -0.161. The van der Waals surface area contributed by atoms with E-state index in [4.69, 9.17) is 0 Å². The number of nitrogens with zero attached hydrogens (tertiary/aromatic N) is 3. The van der Waals surface area contributed by atoms with Gasteiger partial charge in [0, 0.05) is 0 Å². The maximum absolute atomic E-state index is 10.5. The summed E-state index contributed by atoms with van der Waals surface area (Å²) in [6, 6.07) is 11.2. The molecule has 0 bridgehead atoms. The molecule has 0 saturated carbocycles. The zero-order chi connectivity index (χ0) is 18.5. The number of benzene rings is 2. The normalized spacial score (nSPS) is 12.5. The summed E-state index contributed by atoms with van der Waals surface area (Å²) in [5.74, 6) is 0.298. The third-order valence-corrected chi connectivity index (χ3v) is 5.02. The van der Waals surface area contributed by atoms with Gasteiger partial charge in [-0.3, -0.25) is 0 Å². The van der Waals surface area contributed by atoms with Gasteiger partial charge in [0.1, 0.15) is 16.7 Å². The van der Waals surface area contributed by atoms with Crippen LogP contribution < -0.4 is 0 Å². The minimum absolute atomic E-state index is 0.0576. The topological polar surface area (TPSA) is 71.2 Å². The van der Waals surface area contributed by atoms with Gasteiger partial charge in [0.15, 0.2) is 11.5 Å². The van der Waals surface area contributed by atoms with Crippen molar-refractivity contribution < 1.29 is 10.2 Å². The fourth-order valence-corrected chi connectivity index (χ4v) is 3.35. The van der Waals surface area contributed by atoms with Gasteiger partial charge < -0.3 is 10.2 Å². The molecular weight excluding hydrogens is 326 g/mol. The summed E-state index contributed by atoms with van der Waals surface area (Å²) in [6.45, 7) is 4.39. The Kier molecular flexibility index (Phi) is 5.76. The lowest BCUT2D eigenvalue weighted by molar-refractivity contribution is 0.385. The molecule has 0 amide bonds. The van der Waals surface area contributed by atoms with E-state index in [9.17, 15) is 10.2 Å². The number of phenolic OH excluding ortho intramolecular Hbond substituents is 2. The molecule has 2 aromatic carbocycles. The molecule has 0 fully saturated rings. The van der Waals surface area contributed by atoms with Crippen molar-refractivity contribution in [2.24, 2.45) is 5.92 Å². The summed E-state index contributed by atoms with van der Waals surface area (Å²) in [5.41, 5.74) is 2.67. The van der Waals surface area contributed by atoms with Crippen molar-refractivity contribution in [3.8, 4) is 17.2 Å². The fourth-order valence-electron chi connectivity index (χ4n) is 3.35. The third kappa shape index (κ3) is 3.82. The molecule has 138 valence electrons. The number of hydrogen-bond acceptors (Lipinski definition) is 4. The standard InChI is InChI=1S/C21H27N3O2/c1-3-5-6-9-15(4-2)14-16-12-13-19(21(26)20(16)25)24-22-17-10-7-8-11-18(17)23-24/h7-8,10-13,15,25-26H,3-6,9,14H2,1-2H3. The summed E-state index contributed by atoms with van der Waals surface area (Å²) in [6.07, 6.45) is 6.65. The number of phenols is 2. The molecule has 1 atom stereocenters. The lowest BCUT2D eigenvalue weighted by atomic mass is 9.91. The molecule has 0 aliphatic heterocycles. The van der Waals surface area contributed by atoms with Crippen molar-refractivity contribution in [1.29, 1.82) is 0 Å². The second-order valence-electron chi connectivity index (χ2n) is 6.89. The van der Waals surface area contributed by atoms with Crippen LogP contribution in [0.1, 0.15) is 51.5 Å². The van der Waals surface area contributed by atoms with Crippen LogP contribution in [0.4, 0.5) is 0 Å². The first-order valence-corrected chi connectivity index (χ1v) is 9.50. The number of aromatic nitrogens is 3. The van der Waals surface area contributed by atoms with Crippen LogP contribution >= 0.6 is 0 Å². The van der Waals surface area contributed by atoms with Gasteiger partial charge in [-0.15, -0.1) is 15.0 Å². The number of rotatable bonds is 8. The Morgan fingerprint density at radius 2 is 1.62 bits per heavy atom. The fraction of sp³-hybridized carbons (Fsp3) is 0.429. The molecule has 2 N–H and O–H groups in total. The van der Waals surface area contributed by atoms with Crippen molar-refractivity contribution in [3.63, 3.8) is 0 Å². The van der Waals surface area contributed by atoms with Gasteiger partial charge in [0.2, 0.25) is 0 Å². The van der Waals surface area contributed by atoms with Crippen LogP contribution in [0.25, 0.3) is 16.7 Å². The second-order valence-corrected chi connectivity index (χ2v) is 6.89. The third-order valence-electron chi connectivity index (χ3n) is 5.02. The van der Waals surface area contributed by atoms with Gasteiger partial charge in [0.05, 0.1) is 0 Å². The molecule has 1 unspecified atom stereocenters. The van der Waals surface area contributed by atoms with E-state index in [1.165, 1.54) is 24.1 Å². The Hall–Kier alpha value is -2.56. The van der Waals surface area contributed by atoms with Gasteiger partial charge in [-0.1, -0.05) is 64.2 Å². The van der Waals surface area contributed by atoms with Crippen molar-refractivity contribution in [2.75, 3.05) is 0 Å². The molecule has 0 aliphatic carbocycles. The number of hydrogen-bond donors (Lipinski definition) is 2. The Labute approximate surface area is 154 Å². The lowest BCUT2D eigenvalue weighted by Gasteiger charge is -2.16. The molecule has 5 heteroatoms. The van der Waals surface area contributed by atoms with Crippen molar-refractivity contribution in [2.45, 2.75) is 52.4 Å². The molecule has 1 heterocycles. The van der Waals surface area contributed by atoms with E-state index in [1.807, 2.05) is 30.3 Å². The van der Waals surface area contributed by atoms with E-state index >= 15 is 0 Å². The van der Waals surface area contributed by atoms with E-state index < -0.39 is 0 Å². The average molecular weight is 353 g/mol. The minimum Gasteiger partial charge on any atom is -0.504 e. The van der Waals surface area contributed by atoms with Gasteiger partial charge >= 0.3 is 0 Å². The van der Waals surface area contributed by atoms with Gasteiger partial charge in [-0.25, -0.2) is 0 Å². The van der Waals surface area contributed by atoms with E-state index in [0.29, 0.717) is 11.6 Å². The van der Waals surface area contributed by atoms with Crippen LogP contribution in [0.3, 0.4) is 0 Å². The first-order valence-electron chi connectivity index (χ1n) is 9.50. The monoisotopic (exact) mass is 353 g/mol. The highest BCUT2D eigenvalue weighted by atomic mass is 16.3. The van der Waals surface area contributed by atoms with E-state index in [1.54, 1.807) is 6.07 Å². The van der Waals surface area contributed by atoms with Gasteiger partial charge in [-0.2, -0.15) is 0 Å². The predicted molar refractivity (Wildman–Crippen MR) is 104 cm³/mol. The van der Waals surface area contributed by atoms with E-state index in [-0.39, 0.29) is 11.5 Å². The first-order chi connectivity index (χ1) is 12.6. The Balaban J connectivity index is 1.83. The predicted octanol–water partition coefficient (Wildman–Crippen LogP) is 4.98. The van der Waals surface area contributed by atoms with Crippen molar-refractivity contribution in [1.82, 2.24) is 15.0 Å². The Morgan fingerprint density at radius 1 is 0.923 bits per heavy atom. The maximum Gasteiger partial charge on any atom is 0.185 e. The van der Waals surface area contributed by atoms with Crippen molar-refractivity contribution >= 4 is 11.0 Å². The molecule has 0 radical (unpaired) electrons. The molecule has 0 aliphatic rings. The SMILES string of the molecule is CCCCCC(CC)Cc1ccc(-n2nc3ccccc3n2)c(O)c1O. The maximum atomic E-state index is 10.5. The van der Waals surface area contributed by atoms with Crippen molar-refractivity contribution in [3.05, 3.63) is 42.0 Å². The molecule has 0 saturated heterocycles. The lowest BCUT2D eigenvalue weighted by Crippen LogP contribution is -2.05. The number of unbranched alkanes of at least 4 members (excludes halogenated alkanes) is 2. The molecule has 3 aromatic rings. The highest BCUT2D eigenvalue weighted by Gasteiger charge is 2.17. The highest BCUT2D eigenvalue weighted by molar-refractivity contribution is 5.73. The number of fused-ring (bicyclic) bond motifs is 1. The number of aromatic hydroxyl groups is 2. The first kappa shape index (κ1) is 18.2. The van der Waals surface area contributed by atoms with E-state index in [0.717, 1.165) is 35.9 Å². The zero-order valence-corrected chi connectivity index (χ0v) is 15.5. The molecule has 26 heavy (non-hydrogen) atoms. The zero-order valence-electron chi connectivity index (χ0n) is 15.5. The van der Waals surface area contributed by atoms with Gasteiger partial charge in [0.25, 0.3) is 0 Å². The van der Waals surface area contributed by atoms with Crippen LogP contribution in [0.15, 0.2) is 36.4 Å². The highest BCUT2D eigenvalue weighted by Crippen LogP contribution is 2.36. The van der Waals surface area contributed by atoms with Crippen LogP contribution in [0.2, 0.25) is 0 Å². The summed E-state index contributed by atoms with van der Waals surface area (Å²) in [7, 11) is 0. The van der Waals surface area contributed by atoms with Gasteiger partial charge in [-0.05, 0) is 36.1 Å². The molecule has 3 rings (SSSR count). The van der Waals surface area contributed by atoms with Crippen LogP contribution in [0, 0.1) is 5.92 Å². The molecule has 1 aromatic heterocycles. The Morgan fingerprint density at radius 3 is 2.23 bits per heavy atom. The largest absolute Gasteiger partial charge is 0.504 e. The molecule has 5 nitrogen and oxygen atoms in total. The smallest absolute Gasteiger partial charge is 0.185 e. The second kappa shape index (κ2) is 8.21. The Bertz CT molecular complexity index is 840.